The third-order valence-electron chi connectivity index (χ3n) is 4.13. The minimum absolute atomic E-state index is 0.0228. The van der Waals surface area contributed by atoms with Crippen LogP contribution in [0.1, 0.15) is 0 Å². The molecule has 12 heteroatoms. The van der Waals surface area contributed by atoms with E-state index in [9.17, 15) is 28.8 Å². The van der Waals surface area contributed by atoms with Crippen molar-refractivity contribution in [2.75, 3.05) is 17.7 Å². The first-order valence-corrected chi connectivity index (χ1v) is 10.2. The van der Waals surface area contributed by atoms with E-state index in [0.717, 1.165) is 11.3 Å². The van der Waals surface area contributed by atoms with E-state index in [1.165, 1.54) is 30.5 Å². The van der Waals surface area contributed by atoms with Crippen LogP contribution in [0.5, 0.6) is 0 Å². The van der Waals surface area contributed by atoms with Crippen molar-refractivity contribution in [2.24, 2.45) is 0 Å². The molecule has 1 aromatic carbocycles. The normalized spacial score (nSPS) is 28.8. The third-order valence-corrected chi connectivity index (χ3v) is 7.19. The van der Waals surface area contributed by atoms with Gasteiger partial charge >= 0.3 is 0 Å². The van der Waals surface area contributed by atoms with Crippen molar-refractivity contribution in [3.05, 3.63) is 30.5 Å². The van der Waals surface area contributed by atoms with E-state index in [4.69, 9.17) is 10.5 Å². The smallest absolute Gasteiger partial charge is 0.217 e. The standard InChI is InChI=1S/C15H19N3O7S2/c16-15-17-5-10(26-15)27(23,24)8-3-1-7(2-4-8)18-14-13(22)12(21)11(20)9(6-19)25-14/h1-5,9,11-14,18-22H,6H2,(H2,16,17). The summed E-state index contributed by atoms with van der Waals surface area (Å²) in [4.78, 5) is 3.77. The number of sulfone groups is 1. The average molecular weight is 417 g/mol. The van der Waals surface area contributed by atoms with Crippen LogP contribution in [0.3, 0.4) is 0 Å². The summed E-state index contributed by atoms with van der Waals surface area (Å²) in [6, 6.07) is 5.63. The summed E-state index contributed by atoms with van der Waals surface area (Å²) >= 11 is 0.860. The second kappa shape index (κ2) is 7.67. The molecule has 1 fully saturated rings. The van der Waals surface area contributed by atoms with E-state index in [-0.39, 0.29) is 14.2 Å². The lowest BCUT2D eigenvalue weighted by Crippen LogP contribution is -2.60. The molecule has 0 radical (unpaired) electrons. The fraction of sp³-hybridized carbons (Fsp3) is 0.400. The van der Waals surface area contributed by atoms with Crippen LogP contribution in [0.2, 0.25) is 0 Å². The van der Waals surface area contributed by atoms with E-state index in [2.05, 4.69) is 10.3 Å². The summed E-state index contributed by atoms with van der Waals surface area (Å²) in [6.45, 7) is -0.543. The highest BCUT2D eigenvalue weighted by atomic mass is 32.2. The van der Waals surface area contributed by atoms with Crippen LogP contribution in [-0.4, -0.2) is 71.1 Å². The second-order valence-corrected chi connectivity index (χ2v) is 9.18. The Bertz CT molecular complexity index is 885. The zero-order valence-electron chi connectivity index (χ0n) is 13.8. The Hall–Kier alpha value is -1.80. The van der Waals surface area contributed by atoms with Crippen LogP contribution < -0.4 is 11.1 Å². The Morgan fingerprint density at radius 2 is 1.81 bits per heavy atom. The Morgan fingerprint density at radius 3 is 2.37 bits per heavy atom. The van der Waals surface area contributed by atoms with Crippen molar-refractivity contribution in [3.63, 3.8) is 0 Å². The first-order valence-electron chi connectivity index (χ1n) is 7.87. The number of anilines is 2. The molecule has 0 bridgehead atoms. The number of nitrogens with zero attached hydrogens (tertiary/aromatic N) is 1. The van der Waals surface area contributed by atoms with Gasteiger partial charge in [-0.25, -0.2) is 13.4 Å². The molecule has 1 aliphatic heterocycles. The molecule has 2 aromatic rings. The van der Waals surface area contributed by atoms with Crippen molar-refractivity contribution in [1.82, 2.24) is 4.98 Å². The fourth-order valence-electron chi connectivity index (χ4n) is 2.63. The lowest BCUT2D eigenvalue weighted by molar-refractivity contribution is -0.221. The quantitative estimate of drug-likeness (QED) is 0.345. The number of hydrogen-bond donors (Lipinski definition) is 6. The highest BCUT2D eigenvalue weighted by molar-refractivity contribution is 7.93. The zero-order chi connectivity index (χ0) is 19.8. The molecule has 148 valence electrons. The summed E-state index contributed by atoms with van der Waals surface area (Å²) in [7, 11) is -3.75. The predicted octanol–water partition coefficient (Wildman–Crippen LogP) is -1.23. The van der Waals surface area contributed by atoms with Gasteiger partial charge in [0.05, 0.1) is 17.7 Å². The van der Waals surface area contributed by atoms with Crippen molar-refractivity contribution >= 4 is 32.0 Å². The topological polar surface area (TPSA) is 175 Å². The van der Waals surface area contributed by atoms with Crippen molar-refractivity contribution < 1.29 is 33.6 Å². The van der Waals surface area contributed by atoms with E-state index < -0.39 is 47.1 Å². The Kier molecular flexibility index (Phi) is 5.67. The summed E-state index contributed by atoms with van der Waals surface area (Å²) in [5, 5.41) is 41.7. The van der Waals surface area contributed by atoms with E-state index >= 15 is 0 Å². The maximum absolute atomic E-state index is 12.5. The number of nitrogens with two attached hydrogens (primary N) is 1. The molecule has 27 heavy (non-hydrogen) atoms. The van der Waals surface area contributed by atoms with Crippen LogP contribution >= 0.6 is 11.3 Å². The second-order valence-electron chi connectivity index (χ2n) is 5.94. The maximum Gasteiger partial charge on any atom is 0.217 e. The van der Waals surface area contributed by atoms with Gasteiger partial charge in [0, 0.05) is 5.69 Å². The summed E-state index contributed by atoms with van der Waals surface area (Å²) in [5.74, 6) is 0. The van der Waals surface area contributed by atoms with Crippen LogP contribution in [0, 0.1) is 0 Å². The number of hydrogen-bond acceptors (Lipinski definition) is 11. The van der Waals surface area contributed by atoms with Gasteiger partial charge in [0.2, 0.25) is 9.84 Å². The number of rotatable bonds is 5. The van der Waals surface area contributed by atoms with Crippen LogP contribution in [0.15, 0.2) is 39.6 Å². The number of aliphatic hydroxyl groups excluding tert-OH is 4. The van der Waals surface area contributed by atoms with Gasteiger partial charge in [0.1, 0.15) is 28.6 Å². The van der Waals surface area contributed by atoms with Gasteiger partial charge < -0.3 is 36.2 Å². The molecule has 1 saturated heterocycles. The van der Waals surface area contributed by atoms with Gasteiger partial charge in [0.15, 0.2) is 11.4 Å². The molecule has 0 aliphatic carbocycles. The Labute approximate surface area is 158 Å². The maximum atomic E-state index is 12.5. The Morgan fingerprint density at radius 1 is 1.15 bits per heavy atom. The van der Waals surface area contributed by atoms with E-state index in [1.807, 2.05) is 0 Å². The first kappa shape index (κ1) is 19.9. The minimum Gasteiger partial charge on any atom is -0.394 e. The lowest BCUT2D eigenvalue weighted by atomic mass is 9.98. The fourth-order valence-corrected chi connectivity index (χ4v) is 4.95. The molecule has 1 aromatic heterocycles. The number of thiazole rings is 1. The summed E-state index contributed by atoms with van der Waals surface area (Å²) in [6.07, 6.45) is -5.38. The molecule has 10 nitrogen and oxygen atoms in total. The average Bonchev–Trinajstić information content (AvgIpc) is 3.10. The number of nitrogen functional groups attached to an aromatic ring is 1. The highest BCUT2D eigenvalue weighted by Crippen LogP contribution is 2.28. The lowest BCUT2D eigenvalue weighted by Gasteiger charge is -2.40. The molecule has 7 N–H and O–H groups in total. The van der Waals surface area contributed by atoms with E-state index in [0.29, 0.717) is 5.69 Å². The Balaban J connectivity index is 1.76. The third kappa shape index (κ3) is 3.91. The van der Waals surface area contributed by atoms with Gasteiger partial charge in [-0.05, 0) is 24.3 Å². The van der Waals surface area contributed by atoms with E-state index in [1.54, 1.807) is 0 Å². The molecule has 5 atom stereocenters. The SMILES string of the molecule is Nc1ncc(S(=O)(=O)c2ccc(NC3OC(CO)C(O)C(O)C3O)cc2)s1. The predicted molar refractivity (Wildman–Crippen MR) is 95.8 cm³/mol. The summed E-state index contributed by atoms with van der Waals surface area (Å²) < 4.78 is 30.4. The largest absolute Gasteiger partial charge is 0.394 e. The van der Waals surface area contributed by atoms with Gasteiger partial charge in [-0.1, -0.05) is 11.3 Å². The zero-order valence-corrected chi connectivity index (χ0v) is 15.5. The molecule has 5 unspecified atom stereocenters. The number of benzene rings is 1. The first-order chi connectivity index (χ1) is 12.7. The minimum atomic E-state index is -3.75. The molecule has 0 amide bonds. The molecule has 2 heterocycles. The molecule has 1 aliphatic rings. The van der Waals surface area contributed by atoms with Crippen molar-refractivity contribution in [1.29, 1.82) is 0 Å². The number of aromatic nitrogens is 1. The van der Waals surface area contributed by atoms with Crippen molar-refractivity contribution in [2.45, 2.75) is 39.7 Å². The van der Waals surface area contributed by atoms with Crippen LogP contribution in [-0.2, 0) is 14.6 Å². The van der Waals surface area contributed by atoms with Gasteiger partial charge in [-0.3, -0.25) is 0 Å². The number of aliphatic hydroxyl groups is 4. The van der Waals surface area contributed by atoms with Gasteiger partial charge in [0.25, 0.3) is 0 Å². The molecule has 3 rings (SSSR count). The van der Waals surface area contributed by atoms with Crippen LogP contribution in [0.25, 0.3) is 0 Å². The molecular weight excluding hydrogens is 398 g/mol. The molecule has 0 saturated carbocycles. The molecular formula is C15H19N3O7S2. The molecule has 0 spiro atoms. The number of nitrogens with one attached hydrogen (secondary N) is 1. The van der Waals surface area contributed by atoms with Crippen molar-refractivity contribution in [3.8, 4) is 0 Å². The number of ether oxygens (including phenoxy) is 1. The highest BCUT2D eigenvalue weighted by Gasteiger charge is 2.43. The summed E-state index contributed by atoms with van der Waals surface area (Å²) in [5.41, 5.74) is 5.88. The van der Waals surface area contributed by atoms with Gasteiger partial charge in [-0.15, -0.1) is 0 Å². The van der Waals surface area contributed by atoms with Crippen LogP contribution in [0.4, 0.5) is 10.8 Å². The van der Waals surface area contributed by atoms with Gasteiger partial charge in [-0.2, -0.15) is 0 Å². The monoisotopic (exact) mass is 417 g/mol.